The molecule has 0 amide bonds. The fourth-order valence-corrected chi connectivity index (χ4v) is 3.37. The summed E-state index contributed by atoms with van der Waals surface area (Å²) in [6.07, 6.45) is 3.40. The van der Waals surface area contributed by atoms with Gasteiger partial charge in [0.15, 0.2) is 5.11 Å². The molecule has 0 spiro atoms. The monoisotopic (exact) mass is 431 g/mol. The maximum atomic E-state index is 12.7. The second kappa shape index (κ2) is 8.93. The summed E-state index contributed by atoms with van der Waals surface area (Å²) < 4.78 is 7.21. The van der Waals surface area contributed by atoms with Crippen molar-refractivity contribution in [1.82, 2.24) is 20.5 Å². The number of fused-ring (bicyclic) bond motifs is 1. The highest BCUT2D eigenvalue weighted by atomic mass is 32.1. The summed E-state index contributed by atoms with van der Waals surface area (Å²) in [5.41, 5.74) is 5.19. The second-order valence-corrected chi connectivity index (χ2v) is 7.60. The first-order valence-electron chi connectivity index (χ1n) is 9.79. The van der Waals surface area contributed by atoms with Crippen LogP contribution < -0.4 is 16.4 Å². The number of hydrogen-bond acceptors (Lipinski definition) is 5. The number of para-hydroxylation sites is 2. The number of thiocarbonyl (C=S) groups is 1. The summed E-state index contributed by atoms with van der Waals surface area (Å²) in [6.45, 7) is 3.97. The lowest BCUT2D eigenvalue weighted by atomic mass is 10.1. The fourth-order valence-electron chi connectivity index (χ4n) is 3.09. The van der Waals surface area contributed by atoms with Gasteiger partial charge in [0.25, 0.3) is 0 Å². The molecule has 31 heavy (non-hydrogen) atoms. The van der Waals surface area contributed by atoms with E-state index >= 15 is 0 Å². The number of aromatic nitrogens is 2. The largest absolute Gasteiger partial charge is 0.422 e. The Balaban J connectivity index is 1.77. The lowest BCUT2D eigenvalue weighted by Crippen LogP contribution is -2.36. The van der Waals surface area contributed by atoms with Gasteiger partial charge in [0, 0.05) is 23.2 Å². The summed E-state index contributed by atoms with van der Waals surface area (Å²) in [4.78, 5) is 12.7. The third-order valence-electron chi connectivity index (χ3n) is 4.45. The molecule has 2 aromatic carbocycles. The minimum absolute atomic E-state index is 0.189. The molecule has 0 aliphatic carbocycles. The Morgan fingerprint density at radius 2 is 1.90 bits per heavy atom. The third-order valence-corrected chi connectivity index (χ3v) is 4.66. The van der Waals surface area contributed by atoms with E-state index in [4.69, 9.17) is 16.6 Å². The average molecular weight is 432 g/mol. The van der Waals surface area contributed by atoms with Crippen molar-refractivity contribution < 1.29 is 4.42 Å². The molecule has 156 valence electrons. The van der Waals surface area contributed by atoms with E-state index in [1.807, 2.05) is 68.6 Å². The van der Waals surface area contributed by atoms with Gasteiger partial charge in [-0.25, -0.2) is 9.48 Å². The maximum absolute atomic E-state index is 12.7. The van der Waals surface area contributed by atoms with E-state index in [0.717, 1.165) is 11.1 Å². The molecule has 7 nitrogen and oxygen atoms in total. The molecule has 0 aliphatic heterocycles. The van der Waals surface area contributed by atoms with Crippen molar-refractivity contribution in [1.29, 1.82) is 0 Å². The van der Waals surface area contributed by atoms with Crippen molar-refractivity contribution in [2.24, 2.45) is 5.10 Å². The van der Waals surface area contributed by atoms with Crippen molar-refractivity contribution in [3.05, 3.63) is 82.8 Å². The molecular weight excluding hydrogens is 410 g/mol. The van der Waals surface area contributed by atoms with E-state index in [9.17, 15) is 4.79 Å². The van der Waals surface area contributed by atoms with Crippen LogP contribution in [0.5, 0.6) is 0 Å². The topological polar surface area (TPSA) is 84.4 Å². The number of nitrogens with one attached hydrogen (secondary N) is 2. The lowest BCUT2D eigenvalue weighted by Gasteiger charge is -2.09. The highest BCUT2D eigenvalue weighted by Crippen LogP contribution is 2.23. The zero-order valence-electron chi connectivity index (χ0n) is 17.1. The summed E-state index contributed by atoms with van der Waals surface area (Å²) >= 11 is 5.21. The van der Waals surface area contributed by atoms with Crippen LogP contribution in [0.2, 0.25) is 0 Å². The van der Waals surface area contributed by atoms with Gasteiger partial charge in [-0.05, 0) is 50.3 Å². The molecule has 4 aromatic rings. The van der Waals surface area contributed by atoms with Gasteiger partial charge >= 0.3 is 5.63 Å². The highest BCUT2D eigenvalue weighted by Gasteiger charge is 2.16. The molecule has 2 aromatic heterocycles. The van der Waals surface area contributed by atoms with Gasteiger partial charge in [0.05, 0.1) is 17.5 Å². The SMILES string of the molecule is CC(C)NC(=S)NN=Cc1cn(-c2ccccc2)nc1-c1cc2ccccc2oc1=O. The van der Waals surface area contributed by atoms with Crippen molar-refractivity contribution in [3.63, 3.8) is 0 Å². The van der Waals surface area contributed by atoms with E-state index in [-0.39, 0.29) is 6.04 Å². The van der Waals surface area contributed by atoms with Crippen LogP contribution in [0.25, 0.3) is 27.9 Å². The second-order valence-electron chi connectivity index (χ2n) is 7.20. The summed E-state index contributed by atoms with van der Waals surface area (Å²) in [7, 11) is 0. The lowest BCUT2D eigenvalue weighted by molar-refractivity contribution is 0.563. The zero-order chi connectivity index (χ0) is 21.8. The van der Waals surface area contributed by atoms with Crippen LogP contribution >= 0.6 is 12.2 Å². The zero-order valence-corrected chi connectivity index (χ0v) is 17.9. The Morgan fingerprint density at radius 3 is 2.68 bits per heavy atom. The molecule has 2 N–H and O–H groups in total. The van der Waals surface area contributed by atoms with Crippen molar-refractivity contribution in [3.8, 4) is 16.9 Å². The molecule has 0 bridgehead atoms. The molecule has 0 unspecified atom stereocenters. The van der Waals surface area contributed by atoms with Crippen molar-refractivity contribution in [2.45, 2.75) is 19.9 Å². The molecule has 0 saturated heterocycles. The van der Waals surface area contributed by atoms with Crippen molar-refractivity contribution in [2.75, 3.05) is 0 Å². The van der Waals surface area contributed by atoms with Gasteiger partial charge < -0.3 is 9.73 Å². The van der Waals surface area contributed by atoms with Gasteiger partial charge in [-0.15, -0.1) is 0 Å². The van der Waals surface area contributed by atoms with E-state index < -0.39 is 5.63 Å². The van der Waals surface area contributed by atoms with E-state index in [0.29, 0.717) is 27.5 Å². The first-order valence-corrected chi connectivity index (χ1v) is 10.2. The Kier molecular flexibility index (Phi) is 5.90. The Labute approximate surface area is 184 Å². The van der Waals surface area contributed by atoms with Gasteiger partial charge in [0.1, 0.15) is 11.3 Å². The molecule has 0 aliphatic rings. The number of rotatable bonds is 5. The Bertz CT molecular complexity index is 1310. The normalized spacial score (nSPS) is 11.3. The molecule has 0 radical (unpaired) electrons. The predicted octanol–water partition coefficient (Wildman–Crippen LogP) is 3.85. The minimum Gasteiger partial charge on any atom is -0.422 e. The summed E-state index contributed by atoms with van der Waals surface area (Å²) in [5.74, 6) is 0. The molecular formula is C23H21N5O2S. The number of benzene rings is 2. The molecule has 2 heterocycles. The number of hydrazone groups is 1. The van der Waals surface area contributed by atoms with Crippen molar-refractivity contribution >= 4 is 34.5 Å². The summed E-state index contributed by atoms with van der Waals surface area (Å²) in [5, 5.41) is 13.2. The molecule has 0 fully saturated rings. The van der Waals surface area contributed by atoms with Crippen LogP contribution in [0.4, 0.5) is 0 Å². The predicted molar refractivity (Wildman–Crippen MR) is 127 cm³/mol. The van der Waals surface area contributed by atoms with Gasteiger partial charge in [-0.3, -0.25) is 5.43 Å². The van der Waals surface area contributed by atoms with Gasteiger partial charge in [0.2, 0.25) is 0 Å². The third kappa shape index (κ3) is 4.70. The van der Waals surface area contributed by atoms with Crippen LogP contribution in [0, 0.1) is 0 Å². The number of nitrogens with zero attached hydrogens (tertiary/aromatic N) is 3. The van der Waals surface area contributed by atoms with E-state index in [1.165, 1.54) is 0 Å². The fraction of sp³-hybridized carbons (Fsp3) is 0.130. The quantitative estimate of drug-likeness (QED) is 0.216. The number of hydrogen-bond donors (Lipinski definition) is 2. The molecule has 0 atom stereocenters. The molecule has 4 rings (SSSR count). The highest BCUT2D eigenvalue weighted by molar-refractivity contribution is 7.80. The first-order chi connectivity index (χ1) is 15.0. The van der Waals surface area contributed by atoms with E-state index in [1.54, 1.807) is 23.0 Å². The summed E-state index contributed by atoms with van der Waals surface area (Å²) in [6, 6.07) is 19.0. The van der Waals surface area contributed by atoms with Crippen LogP contribution in [0.1, 0.15) is 19.4 Å². The average Bonchev–Trinajstić information content (AvgIpc) is 3.17. The standard InChI is InChI=1S/C23H21N5O2S/c1-15(2)25-23(31)26-24-13-17-14-28(18-9-4-3-5-10-18)27-21(17)19-12-16-8-6-7-11-20(16)30-22(19)29/h3-15H,1-2H3,(H2,25,26,31). The van der Waals surface area contributed by atoms with E-state index in [2.05, 4.69) is 20.9 Å². The maximum Gasteiger partial charge on any atom is 0.345 e. The molecule has 8 heteroatoms. The van der Waals surface area contributed by atoms with Crippen LogP contribution in [-0.2, 0) is 0 Å². The smallest absolute Gasteiger partial charge is 0.345 e. The van der Waals surface area contributed by atoms with Crippen LogP contribution in [0.15, 0.2) is 81.2 Å². The first kappa shape index (κ1) is 20.5. The Morgan fingerprint density at radius 1 is 1.16 bits per heavy atom. The minimum atomic E-state index is -0.461. The van der Waals surface area contributed by atoms with Crippen LogP contribution in [-0.4, -0.2) is 27.1 Å². The Hall–Kier alpha value is -3.78. The van der Waals surface area contributed by atoms with Gasteiger partial charge in [-0.2, -0.15) is 10.2 Å². The van der Waals surface area contributed by atoms with Crippen LogP contribution in [0.3, 0.4) is 0 Å². The molecule has 0 saturated carbocycles. The van der Waals surface area contributed by atoms with Gasteiger partial charge in [-0.1, -0.05) is 36.4 Å².